The highest BCUT2D eigenvalue weighted by Gasteiger charge is 2.23. The van der Waals surface area contributed by atoms with E-state index in [2.05, 4.69) is 20.4 Å². The van der Waals surface area contributed by atoms with E-state index in [4.69, 9.17) is 4.74 Å². The van der Waals surface area contributed by atoms with Crippen LogP contribution >= 0.6 is 0 Å². The maximum atomic E-state index is 13.5. The molecule has 1 aliphatic rings. The molecule has 1 amide bonds. The van der Waals surface area contributed by atoms with Crippen molar-refractivity contribution in [2.75, 3.05) is 19.7 Å². The molecule has 7 nitrogen and oxygen atoms in total. The van der Waals surface area contributed by atoms with Crippen LogP contribution in [0.15, 0.2) is 48.5 Å². The van der Waals surface area contributed by atoms with Crippen molar-refractivity contribution in [3.8, 4) is 5.75 Å². The second-order valence-corrected chi connectivity index (χ2v) is 7.79. The molecule has 2 heterocycles. The molecule has 168 valence electrons. The number of para-hydroxylation sites is 1. The molecule has 1 atom stereocenters. The number of hydrogen-bond acceptors (Lipinski definition) is 5. The van der Waals surface area contributed by atoms with Gasteiger partial charge in [-0.1, -0.05) is 24.3 Å². The van der Waals surface area contributed by atoms with Gasteiger partial charge in [-0.3, -0.25) is 9.69 Å². The lowest BCUT2D eigenvalue weighted by Crippen LogP contribution is -2.33. The minimum absolute atomic E-state index is 0.0860. The van der Waals surface area contributed by atoms with Gasteiger partial charge in [-0.25, -0.2) is 8.78 Å². The van der Waals surface area contributed by atoms with Gasteiger partial charge in [0.05, 0.1) is 6.04 Å². The van der Waals surface area contributed by atoms with E-state index in [1.165, 1.54) is 6.07 Å². The second-order valence-electron chi connectivity index (χ2n) is 7.79. The molecule has 9 heteroatoms. The van der Waals surface area contributed by atoms with Gasteiger partial charge in [0.2, 0.25) is 0 Å². The van der Waals surface area contributed by atoms with Crippen molar-refractivity contribution in [1.82, 2.24) is 25.0 Å². The smallest absolute Gasteiger partial charge is 0.258 e. The fourth-order valence-corrected chi connectivity index (χ4v) is 3.78. The van der Waals surface area contributed by atoms with Crippen LogP contribution in [0.25, 0.3) is 0 Å². The lowest BCUT2D eigenvalue weighted by molar-refractivity contribution is -0.123. The third-order valence-electron chi connectivity index (χ3n) is 5.42. The summed E-state index contributed by atoms with van der Waals surface area (Å²) < 4.78 is 34.2. The molecule has 0 saturated carbocycles. The van der Waals surface area contributed by atoms with Crippen molar-refractivity contribution in [2.45, 2.75) is 32.5 Å². The Labute approximate surface area is 185 Å². The minimum Gasteiger partial charge on any atom is -0.484 e. The molecule has 0 radical (unpaired) electrons. The normalized spacial score (nSPS) is 15.0. The van der Waals surface area contributed by atoms with Gasteiger partial charge in [-0.2, -0.15) is 0 Å². The first-order valence-corrected chi connectivity index (χ1v) is 10.5. The summed E-state index contributed by atoms with van der Waals surface area (Å²) in [6.07, 6.45) is 0.675. The molecule has 0 fully saturated rings. The van der Waals surface area contributed by atoms with Crippen LogP contribution in [0.3, 0.4) is 0 Å². The molecule has 2 aromatic carbocycles. The molecule has 0 saturated heterocycles. The number of benzene rings is 2. The zero-order chi connectivity index (χ0) is 22.5. The minimum atomic E-state index is -0.842. The van der Waals surface area contributed by atoms with E-state index in [0.717, 1.165) is 24.0 Å². The standard InChI is InChI=1S/C23H25F2N5O2/c1-16(26-22(31)15-32-18-5-3-2-4-6-18)23-28-27-21-9-10-29(11-12-30(21)23)14-17-7-8-19(24)20(25)13-17/h2-8,13,16H,9-12,14-15H2,1H3,(H,26,31). The predicted octanol–water partition coefficient (Wildman–Crippen LogP) is 2.87. The van der Waals surface area contributed by atoms with E-state index < -0.39 is 11.6 Å². The number of aromatic nitrogens is 3. The SMILES string of the molecule is CC(NC(=O)COc1ccccc1)c1nnc2n1CCN(Cc1ccc(F)c(F)c1)CC2. The van der Waals surface area contributed by atoms with Crippen molar-refractivity contribution in [3.05, 3.63) is 77.4 Å². The van der Waals surface area contributed by atoms with Gasteiger partial charge in [0.25, 0.3) is 5.91 Å². The number of hydrogen-bond donors (Lipinski definition) is 1. The Kier molecular flexibility index (Phi) is 6.75. The summed E-state index contributed by atoms with van der Waals surface area (Å²) in [7, 11) is 0. The van der Waals surface area contributed by atoms with Crippen LogP contribution in [-0.4, -0.2) is 45.3 Å². The Bertz CT molecular complexity index is 1070. The molecule has 1 aliphatic heterocycles. The highest BCUT2D eigenvalue weighted by Crippen LogP contribution is 2.18. The third-order valence-corrected chi connectivity index (χ3v) is 5.42. The largest absolute Gasteiger partial charge is 0.484 e. The van der Waals surface area contributed by atoms with Gasteiger partial charge in [-0.05, 0) is 36.8 Å². The maximum Gasteiger partial charge on any atom is 0.258 e. The Morgan fingerprint density at radius 1 is 1.09 bits per heavy atom. The summed E-state index contributed by atoms with van der Waals surface area (Å²) >= 11 is 0. The first kappa shape index (κ1) is 21.9. The molecule has 0 spiro atoms. The van der Waals surface area contributed by atoms with E-state index in [0.29, 0.717) is 37.6 Å². The number of nitrogens with zero attached hydrogens (tertiary/aromatic N) is 4. The van der Waals surface area contributed by atoms with Crippen molar-refractivity contribution in [1.29, 1.82) is 0 Å². The summed E-state index contributed by atoms with van der Waals surface area (Å²) in [5.41, 5.74) is 0.723. The van der Waals surface area contributed by atoms with E-state index in [1.54, 1.807) is 18.2 Å². The maximum absolute atomic E-state index is 13.5. The second kappa shape index (κ2) is 9.86. The molecule has 0 bridgehead atoms. The van der Waals surface area contributed by atoms with Crippen LogP contribution in [0.4, 0.5) is 8.78 Å². The number of carbonyl (C=O) groups excluding carboxylic acids is 1. The molecule has 32 heavy (non-hydrogen) atoms. The van der Waals surface area contributed by atoms with E-state index in [9.17, 15) is 13.6 Å². The molecule has 1 N–H and O–H groups in total. The van der Waals surface area contributed by atoms with Crippen LogP contribution in [0.2, 0.25) is 0 Å². The highest BCUT2D eigenvalue weighted by molar-refractivity contribution is 5.77. The number of amides is 1. The zero-order valence-electron chi connectivity index (χ0n) is 17.8. The Hall–Kier alpha value is -3.33. The van der Waals surface area contributed by atoms with Crippen LogP contribution in [0.1, 0.15) is 30.2 Å². The van der Waals surface area contributed by atoms with Gasteiger partial charge < -0.3 is 14.6 Å². The average Bonchev–Trinajstić information content (AvgIpc) is 3.10. The highest BCUT2D eigenvalue weighted by atomic mass is 19.2. The predicted molar refractivity (Wildman–Crippen MR) is 114 cm³/mol. The van der Waals surface area contributed by atoms with E-state index in [1.807, 2.05) is 29.7 Å². The first-order valence-electron chi connectivity index (χ1n) is 10.5. The van der Waals surface area contributed by atoms with Crippen molar-refractivity contribution < 1.29 is 18.3 Å². The zero-order valence-corrected chi connectivity index (χ0v) is 17.8. The van der Waals surface area contributed by atoms with Gasteiger partial charge in [-0.15, -0.1) is 10.2 Å². The van der Waals surface area contributed by atoms with Crippen LogP contribution in [-0.2, 0) is 24.3 Å². The summed E-state index contributed by atoms with van der Waals surface area (Å²) in [5, 5.41) is 11.5. The molecule has 3 aromatic rings. The number of carbonyl (C=O) groups is 1. The van der Waals surface area contributed by atoms with Crippen molar-refractivity contribution in [3.63, 3.8) is 0 Å². The average molecular weight is 441 g/mol. The topological polar surface area (TPSA) is 72.3 Å². The molecular formula is C23H25F2N5O2. The number of nitrogens with one attached hydrogen (secondary N) is 1. The van der Waals surface area contributed by atoms with E-state index >= 15 is 0 Å². The van der Waals surface area contributed by atoms with E-state index in [-0.39, 0.29) is 18.6 Å². The molecular weight excluding hydrogens is 416 g/mol. The Morgan fingerprint density at radius 2 is 1.91 bits per heavy atom. The fourth-order valence-electron chi connectivity index (χ4n) is 3.78. The quantitative estimate of drug-likeness (QED) is 0.611. The summed E-state index contributed by atoms with van der Waals surface area (Å²) in [5.74, 6) is 0.237. The number of rotatable bonds is 7. The molecule has 1 unspecified atom stereocenters. The monoisotopic (exact) mass is 441 g/mol. The van der Waals surface area contributed by atoms with Gasteiger partial charge in [0.1, 0.15) is 11.6 Å². The number of fused-ring (bicyclic) bond motifs is 1. The molecule has 0 aliphatic carbocycles. The fraction of sp³-hybridized carbons (Fsp3) is 0.348. The third kappa shape index (κ3) is 5.28. The summed E-state index contributed by atoms with van der Waals surface area (Å²) in [6, 6.07) is 12.8. The molecule has 1 aromatic heterocycles. The van der Waals surface area contributed by atoms with Crippen LogP contribution < -0.4 is 10.1 Å². The van der Waals surface area contributed by atoms with Gasteiger partial charge in [0, 0.05) is 32.6 Å². The molecule has 4 rings (SSSR count). The lowest BCUT2D eigenvalue weighted by atomic mass is 10.2. The van der Waals surface area contributed by atoms with Gasteiger partial charge in [0.15, 0.2) is 24.1 Å². The number of halogens is 2. The van der Waals surface area contributed by atoms with Crippen molar-refractivity contribution in [2.24, 2.45) is 0 Å². The Morgan fingerprint density at radius 3 is 2.69 bits per heavy atom. The Balaban J connectivity index is 1.34. The van der Waals surface area contributed by atoms with Crippen molar-refractivity contribution >= 4 is 5.91 Å². The summed E-state index contributed by atoms with van der Waals surface area (Å²) in [4.78, 5) is 14.5. The lowest BCUT2D eigenvalue weighted by Gasteiger charge is -2.20. The van der Waals surface area contributed by atoms with Crippen LogP contribution in [0, 0.1) is 11.6 Å². The first-order chi connectivity index (χ1) is 15.5. The van der Waals surface area contributed by atoms with Gasteiger partial charge >= 0.3 is 0 Å². The van der Waals surface area contributed by atoms with Crippen LogP contribution in [0.5, 0.6) is 5.75 Å². The number of ether oxygens (including phenoxy) is 1. The summed E-state index contributed by atoms with van der Waals surface area (Å²) in [6.45, 7) is 4.37.